The lowest BCUT2D eigenvalue weighted by Gasteiger charge is -2.07. The molecule has 2 rings (SSSR count). The number of carboxylic acids is 1. The van der Waals surface area contributed by atoms with Crippen molar-refractivity contribution in [1.82, 2.24) is 9.78 Å². The van der Waals surface area contributed by atoms with E-state index in [0.717, 1.165) is 4.68 Å². The molecule has 8 heteroatoms. The molecule has 0 aliphatic carbocycles. The van der Waals surface area contributed by atoms with Gasteiger partial charge in [0.15, 0.2) is 0 Å². The molecule has 0 aliphatic rings. The molecule has 0 unspecified atom stereocenters. The maximum absolute atomic E-state index is 11.9. The molecule has 22 heavy (non-hydrogen) atoms. The van der Waals surface area contributed by atoms with Gasteiger partial charge in [0.2, 0.25) is 0 Å². The number of carboxylic acid groups (broad SMARTS) is 1. The Hall–Kier alpha value is -3.03. The smallest absolute Gasteiger partial charge is 0.303 e. The molecule has 1 heterocycles. The molecule has 0 bridgehead atoms. The van der Waals surface area contributed by atoms with Crippen LogP contribution >= 0.6 is 0 Å². The summed E-state index contributed by atoms with van der Waals surface area (Å²) in [4.78, 5) is 32.7. The van der Waals surface area contributed by atoms with Crippen molar-refractivity contribution in [2.45, 2.75) is 12.8 Å². The lowest BCUT2D eigenvalue weighted by molar-refractivity contribution is -0.384. The molecule has 1 aromatic heterocycles. The Morgan fingerprint density at radius 3 is 2.55 bits per heavy atom. The zero-order chi connectivity index (χ0) is 16.3. The van der Waals surface area contributed by atoms with E-state index in [0.29, 0.717) is 16.8 Å². The number of nitro benzene ring substituents is 1. The lowest BCUT2D eigenvalue weighted by Crippen LogP contribution is -2.24. The molecular formula is C14H13N3O5. The van der Waals surface area contributed by atoms with Gasteiger partial charge in [0.1, 0.15) is 0 Å². The van der Waals surface area contributed by atoms with Crippen LogP contribution in [0.2, 0.25) is 0 Å². The van der Waals surface area contributed by atoms with Crippen LogP contribution in [0, 0.1) is 10.1 Å². The van der Waals surface area contributed by atoms with Crippen LogP contribution in [0.4, 0.5) is 5.69 Å². The van der Waals surface area contributed by atoms with Gasteiger partial charge in [-0.05, 0) is 24.6 Å². The van der Waals surface area contributed by atoms with Gasteiger partial charge in [0.25, 0.3) is 11.2 Å². The van der Waals surface area contributed by atoms with E-state index < -0.39 is 10.9 Å². The van der Waals surface area contributed by atoms with Crippen molar-refractivity contribution in [2.24, 2.45) is 7.05 Å². The van der Waals surface area contributed by atoms with E-state index in [1.807, 2.05) is 0 Å². The van der Waals surface area contributed by atoms with Crippen LogP contribution in [0.25, 0.3) is 11.3 Å². The number of nitro groups is 1. The summed E-state index contributed by atoms with van der Waals surface area (Å²) in [6.45, 7) is 0. The number of aryl methyl sites for hydroxylation is 2. The molecule has 8 nitrogen and oxygen atoms in total. The van der Waals surface area contributed by atoms with Gasteiger partial charge in [0, 0.05) is 36.7 Å². The third-order valence-electron chi connectivity index (χ3n) is 3.12. The van der Waals surface area contributed by atoms with Crippen LogP contribution in [0.3, 0.4) is 0 Å². The standard InChI is InChI=1S/C14H13N3O5/c1-16-14(20)10(4-7-13(18)19)8-12(15-16)9-2-5-11(6-3-9)17(21)22/h2-3,5-6,8H,4,7H2,1H3,(H,18,19). The molecule has 0 fully saturated rings. The monoisotopic (exact) mass is 303 g/mol. The van der Waals surface area contributed by atoms with Crippen molar-refractivity contribution >= 4 is 11.7 Å². The number of nitrogens with zero attached hydrogens (tertiary/aromatic N) is 3. The van der Waals surface area contributed by atoms with Crippen molar-refractivity contribution < 1.29 is 14.8 Å². The number of hydrogen-bond acceptors (Lipinski definition) is 5. The van der Waals surface area contributed by atoms with Gasteiger partial charge in [0.05, 0.1) is 10.6 Å². The van der Waals surface area contributed by atoms with E-state index >= 15 is 0 Å². The molecule has 0 aliphatic heterocycles. The highest BCUT2D eigenvalue weighted by atomic mass is 16.6. The predicted octanol–water partition coefficient (Wildman–Crippen LogP) is 1.37. The first-order chi connectivity index (χ1) is 10.4. The van der Waals surface area contributed by atoms with Crippen molar-refractivity contribution in [3.63, 3.8) is 0 Å². The zero-order valence-corrected chi connectivity index (χ0v) is 11.7. The van der Waals surface area contributed by atoms with E-state index in [1.54, 1.807) is 0 Å². The Morgan fingerprint density at radius 1 is 1.36 bits per heavy atom. The summed E-state index contributed by atoms with van der Waals surface area (Å²) in [5.41, 5.74) is 1.01. The average Bonchev–Trinajstić information content (AvgIpc) is 2.48. The topological polar surface area (TPSA) is 115 Å². The number of hydrogen-bond donors (Lipinski definition) is 1. The molecule has 0 radical (unpaired) electrons. The Balaban J connectivity index is 2.40. The van der Waals surface area contributed by atoms with Crippen LogP contribution < -0.4 is 5.56 Å². The molecule has 0 atom stereocenters. The molecule has 0 saturated carbocycles. The summed E-state index contributed by atoms with van der Waals surface area (Å²) in [7, 11) is 1.47. The SMILES string of the molecule is Cn1nc(-c2ccc([N+](=O)[O-])cc2)cc(CCC(=O)O)c1=O. The Morgan fingerprint density at radius 2 is 2.00 bits per heavy atom. The summed E-state index contributed by atoms with van der Waals surface area (Å²) in [5.74, 6) is -0.990. The lowest BCUT2D eigenvalue weighted by atomic mass is 10.1. The third-order valence-corrected chi connectivity index (χ3v) is 3.12. The second-order valence-electron chi connectivity index (χ2n) is 4.68. The van der Waals surface area contributed by atoms with Gasteiger partial charge >= 0.3 is 5.97 Å². The molecule has 2 aromatic rings. The molecule has 0 saturated heterocycles. The third kappa shape index (κ3) is 3.35. The first-order valence-electron chi connectivity index (χ1n) is 6.42. The molecule has 1 aromatic carbocycles. The van der Waals surface area contributed by atoms with Crippen LogP contribution in [-0.2, 0) is 18.3 Å². The van der Waals surface area contributed by atoms with Gasteiger partial charge in [-0.3, -0.25) is 19.7 Å². The molecule has 1 N–H and O–H groups in total. The van der Waals surface area contributed by atoms with E-state index in [-0.39, 0.29) is 24.1 Å². The normalized spacial score (nSPS) is 10.4. The predicted molar refractivity (Wildman–Crippen MR) is 77.5 cm³/mol. The number of aromatic nitrogens is 2. The van der Waals surface area contributed by atoms with Crippen LogP contribution in [0.15, 0.2) is 35.1 Å². The van der Waals surface area contributed by atoms with Crippen LogP contribution in [0.5, 0.6) is 0 Å². The highest BCUT2D eigenvalue weighted by Crippen LogP contribution is 2.20. The largest absolute Gasteiger partial charge is 0.481 e. The summed E-state index contributed by atoms with van der Waals surface area (Å²) in [6, 6.07) is 7.28. The summed E-state index contributed by atoms with van der Waals surface area (Å²) >= 11 is 0. The maximum atomic E-state index is 11.9. The number of aliphatic carboxylic acids is 1. The van der Waals surface area contributed by atoms with E-state index in [2.05, 4.69) is 5.10 Å². The highest BCUT2D eigenvalue weighted by molar-refractivity contribution is 5.67. The average molecular weight is 303 g/mol. The second kappa shape index (κ2) is 6.17. The fourth-order valence-corrected chi connectivity index (χ4v) is 1.99. The second-order valence-corrected chi connectivity index (χ2v) is 4.68. The number of carbonyl (C=O) groups is 1. The molecule has 0 amide bonds. The summed E-state index contributed by atoms with van der Waals surface area (Å²) in [5, 5.41) is 23.4. The Bertz CT molecular complexity index is 780. The number of benzene rings is 1. The molecule has 114 valence electrons. The molecular weight excluding hydrogens is 290 g/mol. The quantitative estimate of drug-likeness (QED) is 0.659. The Kier molecular flexibility index (Phi) is 4.31. The minimum absolute atomic E-state index is 0.0420. The fraction of sp³-hybridized carbons (Fsp3) is 0.214. The van der Waals surface area contributed by atoms with E-state index in [9.17, 15) is 19.7 Å². The number of rotatable bonds is 5. The van der Waals surface area contributed by atoms with Crippen molar-refractivity contribution in [3.05, 3.63) is 56.4 Å². The zero-order valence-electron chi connectivity index (χ0n) is 11.7. The minimum Gasteiger partial charge on any atom is -0.481 e. The van der Waals surface area contributed by atoms with Gasteiger partial charge in [-0.2, -0.15) is 5.10 Å². The van der Waals surface area contributed by atoms with Gasteiger partial charge in [-0.1, -0.05) is 0 Å². The Labute approximate surface area is 124 Å². The summed E-state index contributed by atoms with van der Waals surface area (Å²) < 4.78 is 1.13. The first-order valence-corrected chi connectivity index (χ1v) is 6.42. The van der Waals surface area contributed by atoms with Crippen molar-refractivity contribution in [3.8, 4) is 11.3 Å². The van der Waals surface area contributed by atoms with Crippen molar-refractivity contribution in [1.29, 1.82) is 0 Å². The minimum atomic E-state index is -0.990. The van der Waals surface area contributed by atoms with E-state index in [1.165, 1.54) is 37.4 Å². The van der Waals surface area contributed by atoms with Crippen LogP contribution in [-0.4, -0.2) is 25.8 Å². The fourth-order valence-electron chi connectivity index (χ4n) is 1.99. The first kappa shape index (κ1) is 15.4. The van der Waals surface area contributed by atoms with E-state index in [4.69, 9.17) is 5.11 Å². The van der Waals surface area contributed by atoms with Crippen molar-refractivity contribution in [2.75, 3.05) is 0 Å². The number of non-ortho nitro benzene ring substituents is 1. The van der Waals surface area contributed by atoms with Gasteiger partial charge < -0.3 is 5.11 Å². The van der Waals surface area contributed by atoms with Gasteiger partial charge in [-0.25, -0.2) is 4.68 Å². The maximum Gasteiger partial charge on any atom is 0.303 e. The molecule has 0 spiro atoms. The van der Waals surface area contributed by atoms with Gasteiger partial charge in [-0.15, -0.1) is 0 Å². The highest BCUT2D eigenvalue weighted by Gasteiger charge is 2.11. The van der Waals surface area contributed by atoms with Crippen LogP contribution in [0.1, 0.15) is 12.0 Å². The summed E-state index contributed by atoms with van der Waals surface area (Å²) in [6.07, 6.45) is -0.0521.